The summed E-state index contributed by atoms with van der Waals surface area (Å²) in [5.41, 5.74) is 12.5. The Bertz CT molecular complexity index is 1730. The lowest BCUT2D eigenvalue weighted by Gasteiger charge is -2.25. The number of nitrogens with two attached hydrogens (primary N) is 2. The van der Waals surface area contributed by atoms with Gasteiger partial charge in [-0.05, 0) is 0 Å². The zero-order chi connectivity index (χ0) is 29.9. The number of ether oxygens (including phenoxy) is 2. The summed E-state index contributed by atoms with van der Waals surface area (Å²) < 4.78 is 37.5. The number of aromatic amines is 1. The molecule has 0 saturated carbocycles. The number of aliphatic hydroxyl groups is 4. The number of H-pyrrole nitrogens is 1. The number of hydrogen-bond donors (Lipinski definition) is 8. The van der Waals surface area contributed by atoms with Crippen LogP contribution in [0.1, 0.15) is 12.5 Å². The zero-order valence-electron chi connectivity index (χ0n) is 21.2. The lowest BCUT2D eigenvalue weighted by atomic mass is 10.1. The van der Waals surface area contributed by atoms with E-state index >= 15 is 0 Å². The lowest BCUT2D eigenvalue weighted by Crippen LogP contribution is -2.36. The average Bonchev–Trinajstić information content (AvgIpc) is 3.69. The highest BCUT2D eigenvalue weighted by Crippen LogP contribution is 2.50. The van der Waals surface area contributed by atoms with E-state index in [9.17, 15) is 29.9 Å². The first-order valence-electron chi connectivity index (χ1n) is 12.3. The maximum Gasteiger partial charge on any atom is 0.472 e. The second-order valence-corrected chi connectivity index (χ2v) is 11.3. The number of fused-ring (bicyclic) bond motifs is 2. The van der Waals surface area contributed by atoms with E-state index in [0.29, 0.717) is 0 Å². The Morgan fingerprint density at radius 3 is 2.48 bits per heavy atom. The molecule has 6 rings (SSSR count). The summed E-state index contributed by atoms with van der Waals surface area (Å²) in [6, 6.07) is 0. The molecule has 4 aromatic rings. The number of anilines is 2. The Balaban J connectivity index is 1.19. The molecule has 6 heterocycles. The first kappa shape index (κ1) is 28.9. The number of nitrogens with zero attached hydrogens (tertiary/aromatic N) is 7. The van der Waals surface area contributed by atoms with Crippen LogP contribution in [0.2, 0.25) is 0 Å². The minimum atomic E-state index is -5.01. The maximum atomic E-state index is 13.0. The summed E-state index contributed by atoms with van der Waals surface area (Å²) in [6.45, 7) is -1.37. The number of nitrogens with one attached hydrogen (secondary N) is 1. The van der Waals surface area contributed by atoms with Crippen LogP contribution in [0.5, 0.6) is 0 Å². The summed E-state index contributed by atoms with van der Waals surface area (Å²) in [5.74, 6) is 0.0477. The third kappa shape index (κ3) is 4.93. The van der Waals surface area contributed by atoms with Gasteiger partial charge >= 0.3 is 7.82 Å². The molecule has 2 fully saturated rings. The van der Waals surface area contributed by atoms with E-state index in [1.54, 1.807) is 0 Å². The SMILES string of the molecule is Nc1nc(=S)c2ncn([C@@H]3O[C@H](CO)[C@@H](O)[C@H]3OP(=O)(O)OC[C@H]3O[C@@H](n4cnc5c(N)ncnc54)[C@H](O)[C@@H]3O)c2[nH]1. The molecule has 2 saturated heterocycles. The van der Waals surface area contributed by atoms with Crippen LogP contribution in [0.15, 0.2) is 19.0 Å². The molecular weight excluding hydrogens is 603 g/mol. The van der Waals surface area contributed by atoms with Gasteiger partial charge in [0.05, 0.1) is 25.9 Å². The summed E-state index contributed by atoms with van der Waals surface area (Å²) in [7, 11) is -5.01. The molecule has 0 bridgehead atoms. The number of phosphoric acid groups is 1. The van der Waals surface area contributed by atoms with Crippen molar-refractivity contribution in [1.82, 2.24) is 39.0 Å². The molecule has 4 aromatic heterocycles. The fourth-order valence-electron chi connectivity index (χ4n) is 4.86. The molecule has 10 N–H and O–H groups in total. The zero-order valence-corrected chi connectivity index (χ0v) is 22.9. The average molecular weight is 629 g/mol. The van der Waals surface area contributed by atoms with E-state index in [2.05, 4.69) is 29.9 Å². The molecule has 2 aliphatic heterocycles. The van der Waals surface area contributed by atoms with Crippen LogP contribution in [0.3, 0.4) is 0 Å². The van der Waals surface area contributed by atoms with E-state index < -0.39 is 70.1 Å². The smallest absolute Gasteiger partial charge is 0.394 e. The molecule has 0 aliphatic carbocycles. The fourth-order valence-corrected chi connectivity index (χ4v) is 6.04. The predicted octanol–water partition coefficient (Wildman–Crippen LogP) is -2.13. The number of rotatable bonds is 8. The van der Waals surface area contributed by atoms with Crippen LogP contribution in [-0.2, 0) is 23.1 Å². The van der Waals surface area contributed by atoms with E-state index in [4.69, 9.17) is 42.2 Å². The van der Waals surface area contributed by atoms with Crippen molar-refractivity contribution in [3.8, 4) is 0 Å². The molecule has 0 spiro atoms. The molecular formula is C20H25N10O10PS. The normalized spacial score (nSPS) is 31.3. The number of aliphatic hydroxyl groups excluding tert-OH is 4. The van der Waals surface area contributed by atoms with Crippen LogP contribution in [0, 0.1) is 4.64 Å². The van der Waals surface area contributed by atoms with Crippen molar-refractivity contribution < 1.29 is 48.4 Å². The highest BCUT2D eigenvalue weighted by Gasteiger charge is 2.50. The largest absolute Gasteiger partial charge is 0.472 e. The van der Waals surface area contributed by atoms with Crippen molar-refractivity contribution in [2.45, 2.75) is 49.1 Å². The summed E-state index contributed by atoms with van der Waals surface area (Å²) in [4.78, 5) is 33.4. The minimum Gasteiger partial charge on any atom is -0.394 e. The Hall–Kier alpha value is -3.21. The molecule has 2 aliphatic rings. The van der Waals surface area contributed by atoms with Crippen LogP contribution in [-0.4, -0.2) is 114 Å². The quantitative estimate of drug-likeness (QED) is 0.0763. The fraction of sp³-hybridized carbons (Fsp3) is 0.500. The van der Waals surface area contributed by atoms with Crippen molar-refractivity contribution in [2.24, 2.45) is 0 Å². The molecule has 1 unspecified atom stereocenters. The Kier molecular flexibility index (Phi) is 7.43. The monoisotopic (exact) mass is 628 g/mol. The topological polar surface area (TPSA) is 297 Å². The van der Waals surface area contributed by atoms with Crippen LogP contribution in [0.4, 0.5) is 11.8 Å². The van der Waals surface area contributed by atoms with Gasteiger partial charge in [0.1, 0.15) is 59.6 Å². The van der Waals surface area contributed by atoms with Crippen LogP contribution in [0.25, 0.3) is 22.3 Å². The Morgan fingerprint density at radius 1 is 1.00 bits per heavy atom. The Morgan fingerprint density at radius 2 is 1.71 bits per heavy atom. The first-order valence-corrected chi connectivity index (χ1v) is 14.2. The van der Waals surface area contributed by atoms with Gasteiger partial charge in [-0.15, -0.1) is 0 Å². The third-order valence-corrected chi connectivity index (χ3v) is 8.16. The van der Waals surface area contributed by atoms with E-state index in [1.807, 2.05) is 0 Å². The minimum absolute atomic E-state index is 0.0460. The standard InChI is InChI=1S/C20H25N10O10PS/c21-14-8-15(24-3-23-14)29(4-25-8)18-12(34)10(32)7(39-18)2-37-41(35,36)40-13-11(33)6(1-31)38-19(13)30-5-26-9-16(30)27-20(22)28-17(9)42/h3-7,10-13,18-19,31-34H,1-2H2,(H,35,36)(H2,21,23,24)(H3,22,27,28,42)/t6-,7-,10-,11-,12-,13-,18-,19-/m1/s1. The Labute approximate surface area is 239 Å². The molecule has 22 heteroatoms. The number of imidazole rings is 2. The highest BCUT2D eigenvalue weighted by atomic mass is 32.1. The van der Waals surface area contributed by atoms with E-state index in [0.717, 1.165) is 0 Å². The molecule has 9 atom stereocenters. The van der Waals surface area contributed by atoms with Gasteiger partial charge in [0, 0.05) is 0 Å². The predicted molar refractivity (Wildman–Crippen MR) is 140 cm³/mol. The van der Waals surface area contributed by atoms with Gasteiger partial charge in [0.2, 0.25) is 0 Å². The van der Waals surface area contributed by atoms with Gasteiger partial charge < -0.3 is 51.2 Å². The van der Waals surface area contributed by atoms with Gasteiger partial charge in [-0.3, -0.25) is 18.2 Å². The molecule has 0 amide bonds. The van der Waals surface area contributed by atoms with Crippen LogP contribution >= 0.6 is 20.0 Å². The van der Waals surface area contributed by atoms with Crippen molar-refractivity contribution in [3.63, 3.8) is 0 Å². The second-order valence-electron chi connectivity index (χ2n) is 9.48. The molecule has 42 heavy (non-hydrogen) atoms. The van der Waals surface area contributed by atoms with Gasteiger partial charge in [0.25, 0.3) is 0 Å². The van der Waals surface area contributed by atoms with Crippen molar-refractivity contribution >= 4 is 54.1 Å². The first-order chi connectivity index (χ1) is 20.0. The molecule has 226 valence electrons. The maximum absolute atomic E-state index is 13.0. The lowest BCUT2D eigenvalue weighted by molar-refractivity contribution is -0.0615. The van der Waals surface area contributed by atoms with Gasteiger partial charge in [0.15, 0.2) is 34.5 Å². The van der Waals surface area contributed by atoms with Gasteiger partial charge in [-0.2, -0.15) is 0 Å². The number of hydrogen-bond acceptors (Lipinski definition) is 17. The van der Waals surface area contributed by atoms with E-state index in [1.165, 1.54) is 28.1 Å². The van der Waals surface area contributed by atoms with Gasteiger partial charge in [-0.25, -0.2) is 29.5 Å². The van der Waals surface area contributed by atoms with Gasteiger partial charge in [-0.1, -0.05) is 12.2 Å². The summed E-state index contributed by atoms with van der Waals surface area (Å²) in [5, 5.41) is 41.6. The van der Waals surface area contributed by atoms with Crippen LogP contribution < -0.4 is 11.5 Å². The molecule has 0 radical (unpaired) electrons. The van der Waals surface area contributed by atoms with Crippen molar-refractivity contribution in [1.29, 1.82) is 0 Å². The summed E-state index contributed by atoms with van der Waals surface area (Å²) >= 11 is 5.16. The number of aromatic nitrogens is 8. The number of phosphoric ester groups is 1. The van der Waals surface area contributed by atoms with Crippen molar-refractivity contribution in [3.05, 3.63) is 23.6 Å². The van der Waals surface area contributed by atoms with Crippen molar-refractivity contribution in [2.75, 3.05) is 24.7 Å². The highest BCUT2D eigenvalue weighted by molar-refractivity contribution is 7.71. The second kappa shape index (κ2) is 10.8. The summed E-state index contributed by atoms with van der Waals surface area (Å²) in [6.07, 6.45) is -7.50. The third-order valence-electron chi connectivity index (χ3n) is 6.89. The van der Waals surface area contributed by atoms with E-state index in [-0.39, 0.29) is 38.7 Å². The molecule has 0 aromatic carbocycles. The molecule has 20 nitrogen and oxygen atoms in total. The number of nitrogen functional groups attached to an aromatic ring is 2.